The van der Waals surface area contributed by atoms with E-state index >= 15 is 0 Å². The fourth-order valence-corrected chi connectivity index (χ4v) is 3.44. The molecule has 3 heterocycles. The Labute approximate surface area is 147 Å². The average molecular weight is 338 g/mol. The van der Waals surface area contributed by atoms with Crippen LogP contribution in [0.2, 0.25) is 0 Å². The Hall–Kier alpha value is -2.60. The van der Waals surface area contributed by atoms with Crippen LogP contribution in [0.25, 0.3) is 0 Å². The third-order valence-corrected chi connectivity index (χ3v) is 4.87. The molecule has 0 saturated carbocycles. The Morgan fingerprint density at radius 2 is 1.92 bits per heavy atom. The van der Waals surface area contributed by atoms with Crippen molar-refractivity contribution in [2.24, 2.45) is 0 Å². The predicted molar refractivity (Wildman–Crippen MR) is 95.6 cm³/mol. The van der Waals surface area contributed by atoms with Crippen LogP contribution < -0.4 is 10.1 Å². The monoisotopic (exact) mass is 338 g/mol. The van der Waals surface area contributed by atoms with E-state index in [4.69, 9.17) is 4.74 Å². The van der Waals surface area contributed by atoms with Crippen molar-refractivity contribution in [3.05, 3.63) is 54.4 Å². The smallest absolute Gasteiger partial charge is 0.322 e. The van der Waals surface area contributed by atoms with E-state index in [-0.39, 0.29) is 6.03 Å². The molecule has 2 aromatic rings. The van der Waals surface area contributed by atoms with Crippen LogP contribution in [-0.4, -0.2) is 53.0 Å². The number of amides is 2. The molecule has 2 aliphatic heterocycles. The molecule has 2 fully saturated rings. The van der Waals surface area contributed by atoms with E-state index in [1.54, 1.807) is 12.4 Å². The van der Waals surface area contributed by atoms with Gasteiger partial charge in [0.1, 0.15) is 12.4 Å². The number of hydrogen-bond acceptors (Lipinski definition) is 4. The quantitative estimate of drug-likeness (QED) is 0.931. The number of urea groups is 1. The van der Waals surface area contributed by atoms with E-state index in [1.807, 2.05) is 41.3 Å². The molecule has 2 aliphatic rings. The SMILES string of the molecule is O=C(Nc1ccc(OCc2ccncc2)cc1)N1CCN2CCC1C2. The molecular weight excluding hydrogens is 316 g/mol. The first-order chi connectivity index (χ1) is 12.3. The van der Waals surface area contributed by atoms with Crippen molar-refractivity contribution in [1.29, 1.82) is 0 Å². The van der Waals surface area contributed by atoms with Gasteiger partial charge in [0.05, 0.1) is 0 Å². The van der Waals surface area contributed by atoms with E-state index in [2.05, 4.69) is 15.2 Å². The number of carbonyl (C=O) groups excluding carboxylic acids is 1. The Bertz CT molecular complexity index is 720. The highest BCUT2D eigenvalue weighted by Gasteiger charge is 2.34. The molecule has 2 atom stereocenters. The molecule has 0 spiro atoms. The van der Waals surface area contributed by atoms with Gasteiger partial charge in [0.15, 0.2) is 0 Å². The number of fused-ring (bicyclic) bond motifs is 2. The second kappa shape index (κ2) is 7.11. The zero-order valence-electron chi connectivity index (χ0n) is 14.1. The van der Waals surface area contributed by atoms with E-state index in [0.29, 0.717) is 12.6 Å². The third kappa shape index (κ3) is 3.74. The molecule has 6 heteroatoms. The molecule has 0 aliphatic carbocycles. The van der Waals surface area contributed by atoms with Crippen LogP contribution >= 0.6 is 0 Å². The summed E-state index contributed by atoms with van der Waals surface area (Å²) in [6, 6.07) is 11.7. The molecule has 6 nitrogen and oxygen atoms in total. The van der Waals surface area contributed by atoms with Crippen LogP contribution in [-0.2, 0) is 6.61 Å². The number of piperazine rings is 1. The lowest BCUT2D eigenvalue weighted by molar-refractivity contribution is 0.153. The molecule has 25 heavy (non-hydrogen) atoms. The Balaban J connectivity index is 1.32. The summed E-state index contributed by atoms with van der Waals surface area (Å²) in [5, 5.41) is 3.00. The maximum Gasteiger partial charge on any atom is 0.322 e. The van der Waals surface area contributed by atoms with Gasteiger partial charge in [-0.1, -0.05) is 0 Å². The normalized spacial score (nSPS) is 21.8. The number of nitrogens with one attached hydrogen (secondary N) is 1. The van der Waals surface area contributed by atoms with Crippen LogP contribution in [0.5, 0.6) is 5.75 Å². The van der Waals surface area contributed by atoms with Gasteiger partial charge < -0.3 is 15.0 Å². The molecule has 2 bridgehead atoms. The van der Waals surface area contributed by atoms with Gasteiger partial charge in [0, 0.05) is 50.3 Å². The molecule has 0 radical (unpaired) electrons. The maximum absolute atomic E-state index is 12.5. The summed E-state index contributed by atoms with van der Waals surface area (Å²) in [6.45, 7) is 4.41. The van der Waals surface area contributed by atoms with E-state index in [1.165, 1.54) is 0 Å². The van der Waals surface area contributed by atoms with Crippen LogP contribution in [0.1, 0.15) is 12.0 Å². The summed E-state index contributed by atoms with van der Waals surface area (Å²) in [7, 11) is 0. The van der Waals surface area contributed by atoms with Gasteiger partial charge in [0.25, 0.3) is 0 Å². The van der Waals surface area contributed by atoms with Crippen molar-refractivity contribution < 1.29 is 9.53 Å². The molecule has 4 rings (SSSR count). The summed E-state index contributed by atoms with van der Waals surface area (Å²) in [6.07, 6.45) is 4.58. The second-order valence-electron chi connectivity index (χ2n) is 6.54. The summed E-state index contributed by atoms with van der Waals surface area (Å²) < 4.78 is 5.75. The molecule has 1 aromatic carbocycles. The molecule has 130 valence electrons. The first-order valence-electron chi connectivity index (χ1n) is 8.70. The Morgan fingerprint density at radius 3 is 2.72 bits per heavy atom. The van der Waals surface area contributed by atoms with Gasteiger partial charge in [-0.3, -0.25) is 9.88 Å². The predicted octanol–water partition coefficient (Wildman–Crippen LogP) is 2.58. The number of benzene rings is 1. The molecule has 1 aromatic heterocycles. The van der Waals surface area contributed by atoms with Crippen molar-refractivity contribution in [3.8, 4) is 5.75 Å². The largest absolute Gasteiger partial charge is 0.489 e. The van der Waals surface area contributed by atoms with Crippen molar-refractivity contribution in [2.45, 2.75) is 19.1 Å². The topological polar surface area (TPSA) is 57.7 Å². The highest BCUT2D eigenvalue weighted by atomic mass is 16.5. The van der Waals surface area contributed by atoms with Gasteiger partial charge in [-0.2, -0.15) is 0 Å². The van der Waals surface area contributed by atoms with Crippen molar-refractivity contribution in [1.82, 2.24) is 14.8 Å². The number of anilines is 1. The lowest BCUT2D eigenvalue weighted by Gasteiger charge is -2.34. The van der Waals surface area contributed by atoms with Crippen LogP contribution in [0.15, 0.2) is 48.8 Å². The van der Waals surface area contributed by atoms with Gasteiger partial charge in [0.2, 0.25) is 0 Å². The number of rotatable bonds is 4. The number of hydrogen-bond donors (Lipinski definition) is 1. The number of nitrogens with zero attached hydrogens (tertiary/aromatic N) is 3. The Kier molecular flexibility index (Phi) is 4.52. The van der Waals surface area contributed by atoms with Crippen molar-refractivity contribution >= 4 is 11.7 Å². The minimum absolute atomic E-state index is 0.00277. The average Bonchev–Trinajstić information content (AvgIpc) is 3.02. The number of pyridine rings is 1. The second-order valence-corrected chi connectivity index (χ2v) is 6.54. The van der Waals surface area contributed by atoms with E-state index < -0.39 is 0 Å². The molecular formula is C19H22N4O2. The lowest BCUT2D eigenvalue weighted by atomic mass is 10.2. The minimum Gasteiger partial charge on any atom is -0.489 e. The summed E-state index contributed by atoms with van der Waals surface area (Å²) in [4.78, 5) is 20.9. The number of aromatic nitrogens is 1. The van der Waals surface area contributed by atoms with Gasteiger partial charge in [-0.25, -0.2) is 4.79 Å². The highest BCUT2D eigenvalue weighted by Crippen LogP contribution is 2.22. The zero-order valence-corrected chi connectivity index (χ0v) is 14.1. The fourth-order valence-electron chi connectivity index (χ4n) is 3.44. The van der Waals surface area contributed by atoms with Crippen LogP contribution in [0.3, 0.4) is 0 Å². The third-order valence-electron chi connectivity index (χ3n) is 4.87. The zero-order chi connectivity index (χ0) is 17.1. The van der Waals surface area contributed by atoms with Crippen molar-refractivity contribution in [2.75, 3.05) is 31.5 Å². The first-order valence-corrected chi connectivity index (χ1v) is 8.70. The summed E-state index contributed by atoms with van der Waals surface area (Å²) in [5.74, 6) is 0.777. The molecule has 2 amide bonds. The first kappa shape index (κ1) is 15.9. The van der Waals surface area contributed by atoms with E-state index in [9.17, 15) is 4.79 Å². The van der Waals surface area contributed by atoms with Gasteiger partial charge >= 0.3 is 6.03 Å². The van der Waals surface area contributed by atoms with Gasteiger partial charge in [-0.15, -0.1) is 0 Å². The van der Waals surface area contributed by atoms with Crippen LogP contribution in [0, 0.1) is 0 Å². The molecule has 2 saturated heterocycles. The van der Waals surface area contributed by atoms with E-state index in [0.717, 1.165) is 49.6 Å². The Morgan fingerprint density at radius 1 is 1.12 bits per heavy atom. The standard InChI is InChI=1S/C19H22N4O2/c24-19(23-12-11-22-10-7-17(23)13-22)21-16-1-3-18(4-2-16)25-14-15-5-8-20-9-6-15/h1-6,8-9,17H,7,10-14H2,(H,21,24). The van der Waals surface area contributed by atoms with Gasteiger partial charge in [-0.05, 0) is 48.4 Å². The molecule has 1 N–H and O–H groups in total. The maximum atomic E-state index is 12.5. The fraction of sp³-hybridized carbons (Fsp3) is 0.368. The van der Waals surface area contributed by atoms with Crippen molar-refractivity contribution in [3.63, 3.8) is 0 Å². The minimum atomic E-state index is -0.00277. The number of carbonyl (C=O) groups is 1. The summed E-state index contributed by atoms with van der Waals surface area (Å²) >= 11 is 0. The lowest BCUT2D eigenvalue weighted by Crippen LogP contribution is -2.50. The van der Waals surface area contributed by atoms with Crippen LogP contribution in [0.4, 0.5) is 10.5 Å². The number of ether oxygens (including phenoxy) is 1. The highest BCUT2D eigenvalue weighted by molar-refractivity contribution is 5.89. The summed E-state index contributed by atoms with van der Waals surface area (Å²) in [5.41, 5.74) is 1.87. The molecule has 2 unspecified atom stereocenters.